The van der Waals surface area contributed by atoms with Crippen LogP contribution in [0.4, 0.5) is 0 Å². The van der Waals surface area contributed by atoms with Gasteiger partial charge in [0.05, 0.1) is 0 Å². The monoisotopic (exact) mass is 282 g/mol. The van der Waals surface area contributed by atoms with E-state index in [2.05, 4.69) is 0 Å². The van der Waals surface area contributed by atoms with Crippen LogP contribution in [0.2, 0.25) is 0 Å². The molecule has 0 N–H and O–H groups in total. The van der Waals surface area contributed by atoms with Crippen molar-refractivity contribution in [3.63, 3.8) is 0 Å². The van der Waals surface area contributed by atoms with Gasteiger partial charge in [-0.3, -0.25) is 0 Å². The van der Waals surface area contributed by atoms with Crippen molar-refractivity contribution in [1.29, 1.82) is 0 Å². The maximum atomic E-state index is 11.1. The summed E-state index contributed by atoms with van der Waals surface area (Å²) in [5, 5.41) is -0.351. The van der Waals surface area contributed by atoms with Crippen molar-refractivity contribution in [2.75, 3.05) is 0 Å². The summed E-state index contributed by atoms with van der Waals surface area (Å²) in [4.78, 5) is 22.3. The topological polar surface area (TPSA) is 52.6 Å². The fraction of sp³-hybridized carbons (Fsp3) is 0.667. The van der Waals surface area contributed by atoms with Crippen molar-refractivity contribution >= 4 is 43.8 Å². The molecular formula is C6H8GeO4S2. The van der Waals surface area contributed by atoms with Gasteiger partial charge in [0.1, 0.15) is 0 Å². The number of hydrogen-bond acceptors (Lipinski definition) is 6. The molecule has 72 valence electrons. The third-order valence-electron chi connectivity index (χ3n) is 1.76. The summed E-state index contributed by atoms with van der Waals surface area (Å²) in [6.45, 7) is 3.56. The molecule has 2 fully saturated rings. The van der Waals surface area contributed by atoms with Crippen LogP contribution in [-0.4, -0.2) is 34.1 Å². The molecule has 0 aromatic rings. The van der Waals surface area contributed by atoms with Gasteiger partial charge in [-0.2, -0.15) is 0 Å². The Kier molecular flexibility index (Phi) is 2.32. The Balaban J connectivity index is 2.17. The molecule has 7 heteroatoms. The first-order chi connectivity index (χ1) is 6.02. The van der Waals surface area contributed by atoms with E-state index >= 15 is 0 Å². The van der Waals surface area contributed by atoms with Crippen LogP contribution in [0.15, 0.2) is 0 Å². The van der Waals surface area contributed by atoms with Crippen molar-refractivity contribution in [2.45, 2.75) is 24.3 Å². The zero-order chi connectivity index (χ0) is 9.64. The zero-order valence-electron chi connectivity index (χ0n) is 7.10. The minimum absolute atomic E-state index is 0.175. The molecule has 2 saturated heterocycles. The Labute approximate surface area is 85.2 Å². The van der Waals surface area contributed by atoms with E-state index in [1.807, 2.05) is 0 Å². The normalized spacial score (nSPS) is 36.5. The van der Waals surface area contributed by atoms with Gasteiger partial charge in [-0.25, -0.2) is 0 Å². The van der Waals surface area contributed by atoms with E-state index in [1.54, 1.807) is 13.8 Å². The van der Waals surface area contributed by atoms with E-state index in [1.165, 1.54) is 20.2 Å². The molecule has 0 aromatic carbocycles. The molecule has 4 nitrogen and oxygen atoms in total. The van der Waals surface area contributed by atoms with Gasteiger partial charge in [-0.15, -0.1) is 0 Å². The Hall–Kier alpha value is 0.183. The Morgan fingerprint density at radius 1 is 1.08 bits per heavy atom. The van der Waals surface area contributed by atoms with Crippen LogP contribution in [0.25, 0.3) is 0 Å². The van der Waals surface area contributed by atoms with Crippen molar-refractivity contribution in [1.82, 2.24) is 0 Å². The molecule has 1 spiro atoms. The minimum atomic E-state index is -3.11. The third kappa shape index (κ3) is 1.59. The first kappa shape index (κ1) is 9.73. The standard InChI is InChI=1S/C6H8GeO4S2/c1-3-5(8)10-7(12-3)11-6(9)4(2)13-7/h3-4H,1-2H3/t3-,4-,7?/m0/s1. The molecule has 2 rings (SSSR count). The molecule has 0 bridgehead atoms. The second kappa shape index (κ2) is 3.10. The van der Waals surface area contributed by atoms with Crippen LogP contribution in [-0.2, 0) is 17.1 Å². The number of hydrogen-bond donors (Lipinski definition) is 0. The van der Waals surface area contributed by atoms with Gasteiger partial charge >= 0.3 is 85.2 Å². The maximum absolute atomic E-state index is 11.1. The molecule has 0 aliphatic carbocycles. The van der Waals surface area contributed by atoms with Crippen LogP contribution in [0.5, 0.6) is 0 Å². The van der Waals surface area contributed by atoms with E-state index in [0.29, 0.717) is 0 Å². The summed E-state index contributed by atoms with van der Waals surface area (Å²) in [6, 6.07) is 0. The first-order valence-corrected chi connectivity index (χ1v) is 12.4. The molecular weight excluding hydrogens is 273 g/mol. The average Bonchev–Trinajstić information content (AvgIpc) is 2.39. The third-order valence-corrected chi connectivity index (χ3v) is 18.1. The summed E-state index contributed by atoms with van der Waals surface area (Å²) in [5.41, 5.74) is 0. The second-order valence-electron chi connectivity index (χ2n) is 2.86. The number of rotatable bonds is 0. The van der Waals surface area contributed by atoms with Gasteiger partial charge in [0.15, 0.2) is 0 Å². The van der Waals surface area contributed by atoms with Crippen LogP contribution in [0.3, 0.4) is 0 Å². The SMILES string of the molecule is C[C@@H]1[S][Ge]2([O]C1=O)[O]C(=O)[C@H](C)[S]2. The summed E-state index contributed by atoms with van der Waals surface area (Å²) in [5.74, 6) is -0.473. The predicted molar refractivity (Wildman–Crippen MR) is 52.0 cm³/mol. The summed E-state index contributed by atoms with van der Waals surface area (Å²) >= 11 is -3.11. The molecule has 0 aromatic heterocycles. The second-order valence-corrected chi connectivity index (χ2v) is 17.6. The zero-order valence-corrected chi connectivity index (χ0v) is 10.8. The Bertz CT molecular complexity index is 254. The van der Waals surface area contributed by atoms with Crippen molar-refractivity contribution in [2.24, 2.45) is 0 Å². The van der Waals surface area contributed by atoms with E-state index in [0.717, 1.165) is 0 Å². The van der Waals surface area contributed by atoms with Gasteiger partial charge in [0.2, 0.25) is 0 Å². The van der Waals surface area contributed by atoms with Gasteiger partial charge in [0.25, 0.3) is 0 Å². The van der Waals surface area contributed by atoms with Crippen LogP contribution >= 0.6 is 20.2 Å². The van der Waals surface area contributed by atoms with Gasteiger partial charge in [-0.1, -0.05) is 0 Å². The fourth-order valence-corrected chi connectivity index (χ4v) is 20.0. The summed E-state index contributed by atoms with van der Waals surface area (Å²) in [6.07, 6.45) is 0. The van der Waals surface area contributed by atoms with Gasteiger partial charge in [-0.05, 0) is 0 Å². The fourth-order valence-electron chi connectivity index (χ4n) is 1.09. The average molecular weight is 281 g/mol. The van der Waals surface area contributed by atoms with E-state index in [4.69, 9.17) is 7.53 Å². The number of carbonyl (C=O) groups is 2. The van der Waals surface area contributed by atoms with Crippen molar-refractivity contribution in [3.8, 4) is 0 Å². The van der Waals surface area contributed by atoms with Gasteiger partial charge in [0, 0.05) is 0 Å². The molecule has 0 saturated carbocycles. The molecule has 2 atom stereocenters. The molecule has 0 amide bonds. The molecule has 2 heterocycles. The van der Waals surface area contributed by atoms with E-state index in [9.17, 15) is 9.59 Å². The van der Waals surface area contributed by atoms with Crippen LogP contribution in [0.1, 0.15) is 13.8 Å². The molecule has 0 unspecified atom stereocenters. The quantitative estimate of drug-likeness (QED) is 0.611. The molecule has 2 aliphatic heterocycles. The molecule has 13 heavy (non-hydrogen) atoms. The molecule has 2 aliphatic rings. The van der Waals surface area contributed by atoms with E-state index < -0.39 is 11.7 Å². The van der Waals surface area contributed by atoms with Crippen LogP contribution < -0.4 is 0 Å². The first-order valence-electron chi connectivity index (χ1n) is 3.84. The summed E-state index contributed by atoms with van der Waals surface area (Å²) < 4.78 is 10.4. The summed E-state index contributed by atoms with van der Waals surface area (Å²) in [7, 11) is 2.85. The van der Waals surface area contributed by atoms with Crippen molar-refractivity contribution in [3.05, 3.63) is 0 Å². The number of carbonyl (C=O) groups excluding carboxylic acids is 2. The van der Waals surface area contributed by atoms with Crippen LogP contribution in [0, 0.1) is 0 Å². The Morgan fingerprint density at radius 3 is 1.69 bits per heavy atom. The Morgan fingerprint density at radius 2 is 1.46 bits per heavy atom. The van der Waals surface area contributed by atoms with Gasteiger partial charge < -0.3 is 0 Å². The molecule has 0 radical (unpaired) electrons. The van der Waals surface area contributed by atoms with Crippen molar-refractivity contribution < 1.29 is 17.1 Å². The predicted octanol–water partition coefficient (Wildman–Crippen LogP) is 0.779. The van der Waals surface area contributed by atoms with E-state index in [-0.39, 0.29) is 22.4 Å².